The van der Waals surface area contributed by atoms with Crippen LogP contribution in [0.2, 0.25) is 0 Å². The first-order chi connectivity index (χ1) is 50.9. The SMILES string of the molecule is CCC[C@H]1C(=O)N[C@@H]([C@@H](C)CC)C(=O)N(C2CC2)CC(=O)N(C)[C@H]2C/C=C\CCN(C2=O)[C@@H](CC2CCC(C)CC2)C(=O)N(C)CC(=O)N[C@@H](CCC2CCC(C(F)(F)F)C(OC)C2)C(=O)N2C[C@H](OCC)C[C@H]2C(=O)NC2(CC(C)(C)C2)C(=O)N(C)[C@@H](CC2CCC2)C(=O)N(C)[C@H](C(=O)N(C)C)CC(=O)N1C. The van der Waals surface area contributed by atoms with Crippen LogP contribution in [-0.2, 0) is 67.0 Å². The fraction of sp³-hybridized carbons (Fsp3) is 0.823. The van der Waals surface area contributed by atoms with Gasteiger partial charge in [-0.1, -0.05) is 111 Å². The van der Waals surface area contributed by atoms with Crippen LogP contribution >= 0.6 is 0 Å². The van der Waals surface area contributed by atoms with Crippen LogP contribution in [0.4, 0.5) is 13.2 Å². The third kappa shape index (κ3) is 21.0. The van der Waals surface area contributed by atoms with E-state index in [1.807, 2.05) is 39.8 Å². The van der Waals surface area contributed by atoms with Crippen LogP contribution in [0.3, 0.4) is 0 Å². The highest BCUT2D eigenvalue weighted by molar-refractivity contribution is 6.01. The zero-order valence-corrected chi connectivity index (χ0v) is 67.1. The molecule has 1 spiro atoms. The molecule has 12 amide bonds. The second-order valence-electron chi connectivity index (χ2n) is 34.1. The van der Waals surface area contributed by atoms with Gasteiger partial charge < -0.3 is 69.5 Å². The van der Waals surface area contributed by atoms with Crippen LogP contribution in [0.25, 0.3) is 0 Å². The zero-order chi connectivity index (χ0) is 79.6. The summed E-state index contributed by atoms with van der Waals surface area (Å²) < 4.78 is 54.7. The van der Waals surface area contributed by atoms with Gasteiger partial charge in [0.1, 0.15) is 60.4 Å². The molecule has 8 rings (SSSR count). The number of halogens is 3. The molecule has 29 heteroatoms. The summed E-state index contributed by atoms with van der Waals surface area (Å²) >= 11 is 0. The predicted molar refractivity (Wildman–Crippen MR) is 398 cm³/mol. The number of methoxy groups -OCH3 is 1. The summed E-state index contributed by atoms with van der Waals surface area (Å²) in [6.07, 6.45) is 5.50. The van der Waals surface area contributed by atoms with Gasteiger partial charge in [-0.25, -0.2) is 0 Å². The molecule has 2 bridgehead atoms. The highest BCUT2D eigenvalue weighted by Crippen LogP contribution is 2.50. The molecule has 0 aromatic rings. The van der Waals surface area contributed by atoms with Crippen molar-refractivity contribution < 1.29 is 80.2 Å². The average molecular weight is 1530 g/mol. The van der Waals surface area contributed by atoms with Gasteiger partial charge in [0.05, 0.1) is 31.1 Å². The summed E-state index contributed by atoms with van der Waals surface area (Å²) in [5.41, 5.74) is -2.17. The van der Waals surface area contributed by atoms with E-state index in [0.29, 0.717) is 38.0 Å². The van der Waals surface area contributed by atoms with Gasteiger partial charge in [-0.05, 0) is 132 Å². The van der Waals surface area contributed by atoms with Crippen molar-refractivity contribution in [2.75, 3.05) is 89.2 Å². The average Bonchev–Trinajstić information content (AvgIpc) is 0.929. The maximum absolute atomic E-state index is 15.8. The Kier molecular flexibility index (Phi) is 30.0. The van der Waals surface area contributed by atoms with E-state index in [1.165, 1.54) is 101 Å². The van der Waals surface area contributed by atoms with E-state index >= 15 is 38.4 Å². The molecule has 0 aromatic carbocycles. The van der Waals surface area contributed by atoms with Gasteiger partial charge in [-0.15, -0.1) is 0 Å². The lowest BCUT2D eigenvalue weighted by molar-refractivity contribution is -0.215. The number of fused-ring (bicyclic) bond motifs is 3. The molecule has 5 saturated carbocycles. The molecule has 608 valence electrons. The van der Waals surface area contributed by atoms with E-state index in [4.69, 9.17) is 9.47 Å². The molecule has 2 saturated heterocycles. The number of hydrogen-bond acceptors (Lipinski definition) is 14. The largest absolute Gasteiger partial charge is 0.394 e. The highest BCUT2D eigenvalue weighted by Gasteiger charge is 2.59. The summed E-state index contributed by atoms with van der Waals surface area (Å²) in [6.45, 7) is 12.4. The molecule has 8 aliphatic rings. The lowest BCUT2D eigenvalue weighted by Crippen LogP contribution is -2.71. The van der Waals surface area contributed by atoms with Gasteiger partial charge in [0.15, 0.2) is 0 Å². The van der Waals surface area contributed by atoms with E-state index in [0.717, 1.165) is 44.9 Å². The third-order valence-corrected chi connectivity index (χ3v) is 25.1. The molecule has 7 fully saturated rings. The van der Waals surface area contributed by atoms with E-state index in [2.05, 4.69) is 22.9 Å². The Bertz CT molecular complexity index is 3240. The number of nitrogens with zero attached hydrogens (tertiary/aromatic N) is 9. The molecule has 3 heterocycles. The van der Waals surface area contributed by atoms with Crippen LogP contribution in [0.5, 0.6) is 0 Å². The van der Waals surface area contributed by atoms with Gasteiger partial charge in [-0.3, -0.25) is 57.5 Å². The number of alkyl halides is 3. The monoisotopic (exact) mass is 1520 g/mol. The minimum atomic E-state index is -4.52. The first-order valence-electron chi connectivity index (χ1n) is 40.1. The number of hydrogen-bond donors (Lipinski definition) is 3. The molecule has 3 unspecified atom stereocenters. The molecule has 5 aliphatic carbocycles. The molecule has 13 atom stereocenters. The topological polar surface area (TPSA) is 289 Å². The zero-order valence-electron chi connectivity index (χ0n) is 67.1. The standard InChI is InChI=1S/C79H127F3N12O14/c1-16-23-57-68(98)84-67(49(5)17-2)75(105)93(53-33-34-53)45-66(97)89(12)58-26-20-19-21-37-92(74(58)104)62(39-51-29-27-48(4)28-30-51)72(102)87(10)44-64(95)83-56(36-32-52-31-35-55(79(80,81)82)63(40-52)107-15)70(100)94-43-54(108-18-3)41-59(94)69(99)85-78(46-77(6,7)47-78)76(106)91(14)60(38-50-24-22-25-50)73(103)90(13)61(71(101)86(8)9)42-65(96)88(57)11/h19-20,48-63,67H,16-18,21-47H2,1-15H3,(H,83,95)(H,84,98)(H,85,99)/b20-19-/t48?,49-,51?,52?,54+,55?,56-,57-,58-,59-,60-,61-,62-,63?,67-/m0/s1. The first kappa shape index (κ1) is 86.7. The van der Waals surface area contributed by atoms with E-state index < -0.39 is 180 Å². The Hall–Kier alpha value is -6.91. The maximum atomic E-state index is 15.8. The maximum Gasteiger partial charge on any atom is 0.394 e. The quantitative estimate of drug-likeness (QED) is 0.140. The first-order valence-corrected chi connectivity index (χ1v) is 40.1. The van der Waals surface area contributed by atoms with Crippen molar-refractivity contribution in [2.24, 2.45) is 40.9 Å². The van der Waals surface area contributed by atoms with Gasteiger partial charge in [0.25, 0.3) is 0 Å². The van der Waals surface area contributed by atoms with Crippen LogP contribution in [0, 0.1) is 40.9 Å². The Morgan fingerprint density at radius 3 is 1.89 bits per heavy atom. The fourth-order valence-corrected chi connectivity index (χ4v) is 18.0. The van der Waals surface area contributed by atoms with Crippen LogP contribution < -0.4 is 16.0 Å². The minimum Gasteiger partial charge on any atom is -0.381 e. The predicted octanol–water partition coefficient (Wildman–Crippen LogP) is 6.46. The van der Waals surface area contributed by atoms with Crippen LogP contribution in [0.15, 0.2) is 12.2 Å². The van der Waals surface area contributed by atoms with E-state index in [1.54, 1.807) is 13.8 Å². The summed E-state index contributed by atoms with van der Waals surface area (Å²) in [4.78, 5) is 195. The molecule has 3 aliphatic heterocycles. The summed E-state index contributed by atoms with van der Waals surface area (Å²) in [5.74, 6) is -9.76. The van der Waals surface area contributed by atoms with E-state index in [9.17, 15) is 32.3 Å². The third-order valence-electron chi connectivity index (χ3n) is 25.1. The normalized spacial score (nSPS) is 32.1. The molecule has 108 heavy (non-hydrogen) atoms. The Balaban J connectivity index is 1.21. The van der Waals surface area contributed by atoms with E-state index in [-0.39, 0.29) is 121 Å². The molecule has 3 N–H and O–H groups in total. The minimum absolute atomic E-state index is 0.00192. The summed E-state index contributed by atoms with van der Waals surface area (Å²) in [6, 6.07) is -10.4. The lowest BCUT2D eigenvalue weighted by atomic mass is 9.58. The number of likely N-dealkylation sites (N-methyl/N-ethyl adjacent to an activating group) is 6. The van der Waals surface area contributed by atoms with Crippen molar-refractivity contribution in [3.8, 4) is 0 Å². The van der Waals surface area contributed by atoms with Crippen molar-refractivity contribution in [1.82, 2.24) is 60.0 Å². The summed E-state index contributed by atoms with van der Waals surface area (Å²) in [7, 11) is 11.5. The van der Waals surface area contributed by atoms with Crippen molar-refractivity contribution in [3.63, 3.8) is 0 Å². The molecular formula is C79H127F3N12O14. The number of ether oxygens (including phenoxy) is 2. The number of carbonyl (C=O) groups is 12. The van der Waals surface area contributed by atoms with Crippen molar-refractivity contribution in [2.45, 2.75) is 287 Å². The molecule has 0 aromatic heterocycles. The Morgan fingerprint density at radius 1 is 0.657 bits per heavy atom. The second kappa shape index (κ2) is 37.4. The smallest absolute Gasteiger partial charge is 0.381 e. The lowest BCUT2D eigenvalue weighted by Gasteiger charge is -2.54. The van der Waals surface area contributed by atoms with Gasteiger partial charge in [-0.2, -0.15) is 13.2 Å². The number of carbonyl (C=O) groups excluding carboxylic acids is 12. The number of rotatable bonds is 16. The van der Waals surface area contributed by atoms with Gasteiger partial charge >= 0.3 is 6.18 Å². The van der Waals surface area contributed by atoms with Gasteiger partial charge in [0.2, 0.25) is 70.9 Å². The van der Waals surface area contributed by atoms with Crippen LogP contribution in [0.1, 0.15) is 209 Å². The molecule has 26 nitrogen and oxygen atoms in total. The second-order valence-corrected chi connectivity index (χ2v) is 34.1. The van der Waals surface area contributed by atoms with Crippen molar-refractivity contribution in [1.29, 1.82) is 0 Å². The molecular weight excluding hydrogens is 1400 g/mol. The number of nitrogens with one attached hydrogen (secondary N) is 3. The molecule has 0 radical (unpaired) electrons. The van der Waals surface area contributed by atoms with Crippen LogP contribution in [-0.4, -0.2) is 283 Å². The fourth-order valence-electron chi connectivity index (χ4n) is 18.0. The number of amides is 12. The van der Waals surface area contributed by atoms with Gasteiger partial charge in [0, 0.05) is 88.6 Å². The highest BCUT2D eigenvalue weighted by atomic mass is 19.4. The Morgan fingerprint density at radius 2 is 1.31 bits per heavy atom. The van der Waals surface area contributed by atoms with Crippen molar-refractivity contribution in [3.05, 3.63) is 12.2 Å². The van der Waals surface area contributed by atoms with Crippen molar-refractivity contribution >= 4 is 70.9 Å². The Labute approximate surface area is 638 Å². The summed E-state index contributed by atoms with van der Waals surface area (Å²) in [5, 5.41) is 8.97.